The van der Waals surface area contributed by atoms with Crippen molar-refractivity contribution in [1.82, 2.24) is 14.5 Å². The highest BCUT2D eigenvalue weighted by Gasteiger charge is 2.50. The van der Waals surface area contributed by atoms with Gasteiger partial charge in [-0.25, -0.2) is 4.98 Å². The monoisotopic (exact) mass is 448 g/mol. The molecule has 1 aliphatic heterocycles. The second-order valence-electron chi connectivity index (χ2n) is 8.74. The van der Waals surface area contributed by atoms with Crippen molar-refractivity contribution in [2.24, 2.45) is 5.41 Å². The third-order valence-electron chi connectivity index (χ3n) is 6.62. The van der Waals surface area contributed by atoms with Crippen LogP contribution in [0, 0.1) is 5.41 Å². The molecule has 2 fully saturated rings. The zero-order valence-electron chi connectivity index (χ0n) is 17.8. The Morgan fingerprint density at radius 1 is 1.19 bits per heavy atom. The van der Waals surface area contributed by atoms with Crippen LogP contribution in [0.25, 0.3) is 11.0 Å². The number of nitrogens with zero attached hydrogens (tertiary/aromatic N) is 3. The van der Waals surface area contributed by atoms with E-state index in [1.807, 2.05) is 29.2 Å². The van der Waals surface area contributed by atoms with Gasteiger partial charge in [0.25, 0.3) is 5.91 Å². The average Bonchev–Trinajstić information content (AvgIpc) is 3.48. The first-order valence-electron chi connectivity index (χ1n) is 10.7. The summed E-state index contributed by atoms with van der Waals surface area (Å²) < 4.78 is 2.12. The number of likely N-dealkylation sites (tertiary alicyclic amines) is 1. The van der Waals surface area contributed by atoms with Crippen molar-refractivity contribution in [2.45, 2.75) is 32.2 Å². The standard InChI is InChI=1S/C24H24N4O3S/c1-3-21(30)27-11-10-24(14-27)12-16(13-24)28-18-7-5-4-6-17(18)25-23(28)26-22(31)20-9-8-19(32-20)15(2)29/h3-9,16H,1,10-14H2,2H3,(H,25,26,31). The molecule has 32 heavy (non-hydrogen) atoms. The molecular weight excluding hydrogens is 424 g/mol. The second-order valence-corrected chi connectivity index (χ2v) is 9.83. The van der Waals surface area contributed by atoms with Crippen LogP contribution in [0.3, 0.4) is 0 Å². The van der Waals surface area contributed by atoms with E-state index in [4.69, 9.17) is 0 Å². The van der Waals surface area contributed by atoms with Gasteiger partial charge in [0.2, 0.25) is 11.9 Å². The van der Waals surface area contributed by atoms with Crippen molar-refractivity contribution in [3.05, 3.63) is 58.8 Å². The summed E-state index contributed by atoms with van der Waals surface area (Å²) in [6.07, 6.45) is 4.24. The number of amides is 2. The zero-order chi connectivity index (χ0) is 22.5. The maximum absolute atomic E-state index is 12.9. The fraction of sp³-hybridized carbons (Fsp3) is 0.333. The first-order chi connectivity index (χ1) is 15.4. The number of fused-ring (bicyclic) bond motifs is 1. The van der Waals surface area contributed by atoms with Crippen molar-refractivity contribution < 1.29 is 14.4 Å². The molecule has 8 heteroatoms. The normalized spacial score (nSPS) is 22.2. The number of nitrogens with one attached hydrogen (secondary N) is 1. The molecule has 3 aromatic rings. The highest BCUT2D eigenvalue weighted by Crippen LogP contribution is 2.55. The molecule has 1 saturated heterocycles. The van der Waals surface area contributed by atoms with Gasteiger partial charge in [0.1, 0.15) is 0 Å². The number of hydrogen-bond acceptors (Lipinski definition) is 5. The number of benzene rings is 1. The fourth-order valence-electron chi connectivity index (χ4n) is 5.02. The Hall–Kier alpha value is -3.26. The van der Waals surface area contributed by atoms with Gasteiger partial charge in [-0.05, 0) is 61.9 Å². The summed E-state index contributed by atoms with van der Waals surface area (Å²) in [5, 5.41) is 2.97. The Labute approximate surface area is 189 Å². The molecule has 1 aliphatic carbocycles. The summed E-state index contributed by atoms with van der Waals surface area (Å²) in [7, 11) is 0. The van der Waals surface area contributed by atoms with Gasteiger partial charge in [-0.2, -0.15) is 0 Å². The molecule has 1 saturated carbocycles. The van der Waals surface area contributed by atoms with E-state index < -0.39 is 0 Å². The van der Waals surface area contributed by atoms with Crippen molar-refractivity contribution in [3.63, 3.8) is 0 Å². The summed E-state index contributed by atoms with van der Waals surface area (Å²) in [6.45, 7) is 6.61. The van der Waals surface area contributed by atoms with Gasteiger partial charge in [-0.1, -0.05) is 18.7 Å². The molecule has 2 aliphatic rings. The molecule has 2 amide bonds. The number of ketones is 1. The van der Waals surface area contributed by atoms with Gasteiger partial charge in [0.15, 0.2) is 5.78 Å². The zero-order valence-corrected chi connectivity index (χ0v) is 18.7. The summed E-state index contributed by atoms with van der Waals surface area (Å²) in [6, 6.07) is 11.4. The second kappa shape index (κ2) is 7.70. The summed E-state index contributed by atoms with van der Waals surface area (Å²) >= 11 is 1.19. The maximum Gasteiger partial charge on any atom is 0.268 e. The molecule has 3 heterocycles. The van der Waals surface area contributed by atoms with Crippen LogP contribution in [-0.4, -0.2) is 45.1 Å². The van der Waals surface area contributed by atoms with Gasteiger partial charge in [-0.3, -0.25) is 19.7 Å². The number of aromatic nitrogens is 2. The number of imidazole rings is 1. The summed E-state index contributed by atoms with van der Waals surface area (Å²) in [4.78, 5) is 44.1. The molecule has 164 valence electrons. The van der Waals surface area contributed by atoms with Gasteiger partial charge in [0.05, 0.1) is 20.8 Å². The number of thiophene rings is 1. The van der Waals surface area contributed by atoms with Crippen LogP contribution >= 0.6 is 11.3 Å². The number of carbonyl (C=O) groups is 3. The number of rotatable bonds is 5. The van der Waals surface area contributed by atoms with Crippen LogP contribution < -0.4 is 5.32 Å². The van der Waals surface area contributed by atoms with E-state index in [9.17, 15) is 14.4 Å². The van der Waals surface area contributed by atoms with E-state index in [1.54, 1.807) is 12.1 Å². The number of para-hydroxylation sites is 2. The number of carbonyl (C=O) groups excluding carboxylic acids is 3. The van der Waals surface area contributed by atoms with Crippen LogP contribution in [0.1, 0.15) is 51.6 Å². The largest absolute Gasteiger partial charge is 0.339 e. The third kappa shape index (κ3) is 3.44. The van der Waals surface area contributed by atoms with Crippen LogP contribution in [-0.2, 0) is 4.79 Å². The van der Waals surface area contributed by atoms with Crippen LogP contribution in [0.2, 0.25) is 0 Å². The number of anilines is 1. The van der Waals surface area contributed by atoms with Gasteiger partial charge in [0, 0.05) is 19.1 Å². The van der Waals surface area contributed by atoms with Crippen molar-refractivity contribution in [1.29, 1.82) is 0 Å². The Balaban J connectivity index is 1.40. The maximum atomic E-state index is 12.9. The van der Waals surface area contributed by atoms with Crippen molar-refractivity contribution in [3.8, 4) is 0 Å². The molecule has 1 N–H and O–H groups in total. The Morgan fingerprint density at radius 2 is 1.94 bits per heavy atom. The lowest BCUT2D eigenvalue weighted by atomic mass is 9.65. The van der Waals surface area contributed by atoms with E-state index in [-0.39, 0.29) is 29.1 Å². The topological polar surface area (TPSA) is 84.3 Å². The molecule has 0 unspecified atom stereocenters. The van der Waals surface area contributed by atoms with E-state index in [0.29, 0.717) is 15.7 Å². The first kappa shape index (κ1) is 20.6. The van der Waals surface area contributed by atoms with E-state index in [2.05, 4.69) is 21.4 Å². The summed E-state index contributed by atoms with van der Waals surface area (Å²) in [5.74, 6) is 0.191. The Kier molecular flexibility index (Phi) is 4.97. The highest BCUT2D eigenvalue weighted by atomic mass is 32.1. The fourth-order valence-corrected chi connectivity index (χ4v) is 5.82. The van der Waals surface area contributed by atoms with Crippen molar-refractivity contribution >= 4 is 45.9 Å². The lowest BCUT2D eigenvalue weighted by Gasteiger charge is -2.46. The van der Waals surface area contributed by atoms with Gasteiger partial charge < -0.3 is 9.47 Å². The minimum atomic E-state index is -0.267. The molecule has 2 aromatic heterocycles. The minimum Gasteiger partial charge on any atom is -0.339 e. The molecule has 7 nitrogen and oxygen atoms in total. The SMILES string of the molecule is C=CC(=O)N1CCC2(CC(n3c(NC(=O)c4ccc(C(C)=O)s4)nc4ccccc43)C2)C1. The number of hydrogen-bond donors (Lipinski definition) is 1. The Bertz CT molecular complexity index is 1250. The number of Topliss-reactive ketones (excluding diaryl/α,β-unsaturated/α-hetero) is 1. The van der Waals surface area contributed by atoms with Crippen LogP contribution in [0.4, 0.5) is 5.95 Å². The lowest BCUT2D eigenvalue weighted by molar-refractivity contribution is -0.125. The molecule has 0 radical (unpaired) electrons. The smallest absolute Gasteiger partial charge is 0.268 e. The van der Waals surface area contributed by atoms with Gasteiger partial charge >= 0.3 is 0 Å². The minimum absolute atomic E-state index is 0.00719. The molecule has 1 spiro atoms. The predicted molar refractivity (Wildman–Crippen MR) is 124 cm³/mol. The highest BCUT2D eigenvalue weighted by molar-refractivity contribution is 7.16. The van der Waals surface area contributed by atoms with E-state index in [0.717, 1.165) is 43.4 Å². The van der Waals surface area contributed by atoms with E-state index >= 15 is 0 Å². The molecule has 0 atom stereocenters. The molecule has 0 bridgehead atoms. The summed E-state index contributed by atoms with van der Waals surface area (Å²) in [5.41, 5.74) is 1.93. The van der Waals surface area contributed by atoms with E-state index in [1.165, 1.54) is 24.3 Å². The quantitative estimate of drug-likeness (QED) is 0.466. The van der Waals surface area contributed by atoms with Crippen LogP contribution in [0.15, 0.2) is 49.1 Å². The Morgan fingerprint density at radius 3 is 2.66 bits per heavy atom. The van der Waals surface area contributed by atoms with Gasteiger partial charge in [-0.15, -0.1) is 11.3 Å². The molecule has 5 rings (SSSR count). The lowest BCUT2D eigenvalue weighted by Crippen LogP contribution is -2.42. The predicted octanol–water partition coefficient (Wildman–Crippen LogP) is 4.29. The molecular formula is C24H24N4O3S. The van der Waals surface area contributed by atoms with Crippen molar-refractivity contribution in [2.75, 3.05) is 18.4 Å². The average molecular weight is 449 g/mol. The first-order valence-corrected chi connectivity index (χ1v) is 11.5. The van der Waals surface area contributed by atoms with Crippen LogP contribution in [0.5, 0.6) is 0 Å². The molecule has 1 aromatic carbocycles. The third-order valence-corrected chi connectivity index (χ3v) is 7.81.